The van der Waals surface area contributed by atoms with Gasteiger partial charge in [0.15, 0.2) is 0 Å². The number of carbonyl (C=O) groups is 2. The first-order valence-electron chi connectivity index (χ1n) is 9.69. The van der Waals surface area contributed by atoms with Gasteiger partial charge in [-0.25, -0.2) is 12.8 Å². The lowest BCUT2D eigenvalue weighted by molar-refractivity contribution is -0.139. The molecule has 11 heteroatoms. The second-order valence-electron chi connectivity index (χ2n) is 7.04. The smallest absolute Gasteiger partial charge is 0.244 e. The molecule has 0 bridgehead atoms. The molecule has 0 aliphatic heterocycles. The minimum absolute atomic E-state index is 0.0118. The van der Waals surface area contributed by atoms with Crippen LogP contribution in [0.15, 0.2) is 42.5 Å². The molecule has 2 rings (SSSR count). The number of amides is 2. The van der Waals surface area contributed by atoms with Crippen LogP contribution in [0.5, 0.6) is 0 Å². The SMILES string of the molecule is CCNC(=O)[C@@H](C)N(Cc1c(Cl)cccc1Cl)C(=O)CN(c1cccc(F)c1)S(C)(=O)=O. The number of rotatable bonds is 9. The van der Waals surface area contributed by atoms with Gasteiger partial charge in [0.05, 0.1) is 11.9 Å². The van der Waals surface area contributed by atoms with Crippen molar-refractivity contribution in [2.24, 2.45) is 0 Å². The predicted molar refractivity (Wildman–Crippen MR) is 124 cm³/mol. The van der Waals surface area contributed by atoms with Gasteiger partial charge in [0.1, 0.15) is 18.4 Å². The van der Waals surface area contributed by atoms with E-state index in [1.54, 1.807) is 25.1 Å². The lowest BCUT2D eigenvalue weighted by Crippen LogP contribution is -2.51. The maximum absolute atomic E-state index is 13.7. The molecule has 7 nitrogen and oxygen atoms in total. The molecule has 32 heavy (non-hydrogen) atoms. The highest BCUT2D eigenvalue weighted by Gasteiger charge is 2.30. The number of nitrogens with one attached hydrogen (secondary N) is 1. The second kappa shape index (κ2) is 11.0. The molecule has 0 heterocycles. The second-order valence-corrected chi connectivity index (χ2v) is 9.76. The van der Waals surface area contributed by atoms with Gasteiger partial charge in [-0.1, -0.05) is 35.3 Å². The minimum atomic E-state index is -3.94. The topological polar surface area (TPSA) is 86.8 Å². The van der Waals surface area contributed by atoms with E-state index in [-0.39, 0.29) is 12.2 Å². The molecular formula is C21H24Cl2FN3O4S. The zero-order valence-corrected chi connectivity index (χ0v) is 20.1. The number of carbonyl (C=O) groups excluding carboxylic acids is 2. The predicted octanol–water partition coefficient (Wildman–Crippen LogP) is 3.45. The van der Waals surface area contributed by atoms with Crippen molar-refractivity contribution >= 4 is 50.7 Å². The summed E-state index contributed by atoms with van der Waals surface area (Å²) < 4.78 is 39.3. The monoisotopic (exact) mass is 503 g/mol. The summed E-state index contributed by atoms with van der Waals surface area (Å²) >= 11 is 12.5. The molecule has 0 spiro atoms. The molecule has 2 amide bonds. The van der Waals surface area contributed by atoms with E-state index in [0.717, 1.165) is 22.7 Å². The number of nitrogens with zero attached hydrogens (tertiary/aromatic N) is 2. The van der Waals surface area contributed by atoms with Crippen molar-refractivity contribution in [1.29, 1.82) is 0 Å². The molecule has 0 aromatic heterocycles. The Kier molecular flexibility index (Phi) is 8.89. The average Bonchev–Trinajstić information content (AvgIpc) is 2.70. The fourth-order valence-corrected chi connectivity index (χ4v) is 4.36. The Bertz CT molecular complexity index is 1080. The summed E-state index contributed by atoms with van der Waals surface area (Å²) in [7, 11) is -3.94. The van der Waals surface area contributed by atoms with Crippen molar-refractivity contribution in [2.45, 2.75) is 26.4 Å². The molecule has 2 aromatic rings. The van der Waals surface area contributed by atoms with Gasteiger partial charge in [0.2, 0.25) is 21.8 Å². The number of likely N-dealkylation sites (N-methyl/N-ethyl adjacent to an activating group) is 1. The summed E-state index contributed by atoms with van der Waals surface area (Å²) in [5, 5.41) is 3.23. The first-order chi connectivity index (χ1) is 15.0. The molecule has 0 aliphatic rings. The quantitative estimate of drug-likeness (QED) is 0.567. The maximum atomic E-state index is 13.7. The van der Waals surface area contributed by atoms with Gasteiger partial charge in [0.25, 0.3) is 0 Å². The lowest BCUT2D eigenvalue weighted by Gasteiger charge is -2.31. The summed E-state index contributed by atoms with van der Waals surface area (Å²) in [4.78, 5) is 27.0. The molecule has 2 aromatic carbocycles. The highest BCUT2D eigenvalue weighted by atomic mass is 35.5. The van der Waals surface area contributed by atoms with Crippen molar-refractivity contribution in [3.8, 4) is 0 Å². The van der Waals surface area contributed by atoms with Crippen LogP contribution in [0.4, 0.5) is 10.1 Å². The van der Waals surface area contributed by atoms with Crippen molar-refractivity contribution < 1.29 is 22.4 Å². The number of anilines is 1. The van der Waals surface area contributed by atoms with Crippen LogP contribution in [-0.2, 0) is 26.2 Å². The van der Waals surface area contributed by atoms with E-state index in [1.807, 2.05) is 0 Å². The van der Waals surface area contributed by atoms with Crippen LogP contribution in [0.25, 0.3) is 0 Å². The normalized spacial score (nSPS) is 12.2. The number of halogens is 3. The van der Waals surface area contributed by atoms with Crippen LogP contribution in [0.2, 0.25) is 10.0 Å². The Morgan fingerprint density at radius 2 is 1.72 bits per heavy atom. The summed E-state index contributed by atoms with van der Waals surface area (Å²) in [6, 6.07) is 8.76. The standard InChI is InChI=1S/C21H24Cl2FN3O4S/c1-4-25-21(29)14(2)26(12-17-18(22)9-6-10-19(17)23)20(28)13-27(32(3,30)31)16-8-5-7-15(24)11-16/h5-11,14H,4,12-13H2,1-3H3,(H,25,29)/t14-/m1/s1. The Labute approximate surface area is 197 Å². The zero-order chi connectivity index (χ0) is 24.1. The van der Waals surface area contributed by atoms with Crippen molar-refractivity contribution in [2.75, 3.05) is 23.7 Å². The third-order valence-electron chi connectivity index (χ3n) is 4.68. The molecule has 0 saturated carbocycles. The Morgan fingerprint density at radius 1 is 1.12 bits per heavy atom. The average molecular weight is 504 g/mol. The molecule has 0 saturated heterocycles. The zero-order valence-electron chi connectivity index (χ0n) is 17.8. The van der Waals surface area contributed by atoms with Crippen molar-refractivity contribution in [3.05, 3.63) is 63.9 Å². The fourth-order valence-electron chi connectivity index (χ4n) is 3.00. The molecule has 1 atom stereocenters. The summed E-state index contributed by atoms with van der Waals surface area (Å²) in [6.45, 7) is 2.82. The third kappa shape index (κ3) is 6.57. The summed E-state index contributed by atoms with van der Waals surface area (Å²) in [5.74, 6) is -1.77. The van der Waals surface area contributed by atoms with E-state index in [2.05, 4.69) is 5.32 Å². The van der Waals surface area contributed by atoms with Gasteiger partial charge in [0, 0.05) is 28.7 Å². The van der Waals surface area contributed by atoms with Crippen molar-refractivity contribution in [3.63, 3.8) is 0 Å². The van der Waals surface area contributed by atoms with Crippen LogP contribution in [0, 0.1) is 5.82 Å². The molecule has 0 radical (unpaired) electrons. The Balaban J connectivity index is 2.44. The molecule has 174 valence electrons. The highest BCUT2D eigenvalue weighted by molar-refractivity contribution is 7.92. The van der Waals surface area contributed by atoms with E-state index in [9.17, 15) is 22.4 Å². The molecule has 0 fully saturated rings. The van der Waals surface area contributed by atoms with Crippen LogP contribution < -0.4 is 9.62 Å². The maximum Gasteiger partial charge on any atom is 0.244 e. The van der Waals surface area contributed by atoms with E-state index in [4.69, 9.17) is 23.2 Å². The van der Waals surface area contributed by atoms with Gasteiger partial charge in [-0.2, -0.15) is 0 Å². The number of sulfonamides is 1. The fraction of sp³-hybridized carbons (Fsp3) is 0.333. The lowest BCUT2D eigenvalue weighted by atomic mass is 10.1. The molecule has 0 unspecified atom stereocenters. The third-order valence-corrected chi connectivity index (χ3v) is 6.53. The summed E-state index contributed by atoms with van der Waals surface area (Å²) in [6.07, 6.45) is 0.910. The van der Waals surface area contributed by atoms with E-state index < -0.39 is 40.2 Å². The summed E-state index contributed by atoms with van der Waals surface area (Å²) in [5.41, 5.74) is 0.402. The van der Waals surface area contributed by atoms with Crippen molar-refractivity contribution in [1.82, 2.24) is 10.2 Å². The van der Waals surface area contributed by atoms with Crippen LogP contribution in [-0.4, -0.2) is 50.5 Å². The minimum Gasteiger partial charge on any atom is -0.355 e. The molecular weight excluding hydrogens is 480 g/mol. The highest BCUT2D eigenvalue weighted by Crippen LogP contribution is 2.27. The van der Waals surface area contributed by atoms with Crippen LogP contribution in [0.3, 0.4) is 0 Å². The molecule has 0 aliphatic carbocycles. The van der Waals surface area contributed by atoms with Crippen LogP contribution >= 0.6 is 23.2 Å². The van der Waals surface area contributed by atoms with Gasteiger partial charge in [-0.05, 0) is 44.2 Å². The van der Waals surface area contributed by atoms with Gasteiger partial charge in [-0.15, -0.1) is 0 Å². The van der Waals surface area contributed by atoms with Gasteiger partial charge >= 0.3 is 0 Å². The number of hydrogen-bond acceptors (Lipinski definition) is 4. The molecule has 1 N–H and O–H groups in total. The first kappa shape index (κ1) is 25.9. The largest absolute Gasteiger partial charge is 0.355 e. The van der Waals surface area contributed by atoms with Gasteiger partial charge in [-0.3, -0.25) is 13.9 Å². The Morgan fingerprint density at radius 3 is 2.25 bits per heavy atom. The number of hydrogen-bond donors (Lipinski definition) is 1. The first-order valence-corrected chi connectivity index (χ1v) is 12.3. The van der Waals surface area contributed by atoms with E-state index >= 15 is 0 Å². The Hall–Kier alpha value is -2.36. The van der Waals surface area contributed by atoms with Crippen LogP contribution in [0.1, 0.15) is 19.4 Å². The van der Waals surface area contributed by atoms with E-state index in [0.29, 0.717) is 22.2 Å². The number of benzene rings is 2. The van der Waals surface area contributed by atoms with Gasteiger partial charge < -0.3 is 10.2 Å². The van der Waals surface area contributed by atoms with E-state index in [1.165, 1.54) is 24.0 Å².